The molecule has 4 heteroatoms. The molecule has 2 heterocycles. The maximum absolute atomic E-state index is 11.4. The molecule has 0 aromatic heterocycles. The predicted octanol–water partition coefficient (Wildman–Crippen LogP) is 1.21. The lowest BCUT2D eigenvalue weighted by molar-refractivity contribution is 0.683. The van der Waals surface area contributed by atoms with E-state index in [0.29, 0.717) is 23.0 Å². The van der Waals surface area contributed by atoms with Crippen LogP contribution in [-0.2, 0) is 44.6 Å². The molecule has 0 fully saturated rings. The monoisotopic (exact) mass is 226 g/mol. The van der Waals surface area contributed by atoms with Crippen LogP contribution in [0.2, 0.25) is 0 Å². The normalized spacial score (nSPS) is 28.9. The van der Waals surface area contributed by atoms with Crippen LogP contribution in [0, 0.1) is 0 Å². The third-order valence-corrected chi connectivity index (χ3v) is 5.36. The summed E-state index contributed by atoms with van der Waals surface area (Å²) in [4.78, 5) is 0. The summed E-state index contributed by atoms with van der Waals surface area (Å²) >= 11 is 0. The molecule has 2 nitrogen and oxygen atoms in total. The third kappa shape index (κ3) is 1.21. The highest BCUT2D eigenvalue weighted by Crippen LogP contribution is 2.33. The van der Waals surface area contributed by atoms with E-state index in [1.54, 1.807) is 0 Å². The van der Waals surface area contributed by atoms with Gasteiger partial charge in [0, 0.05) is 44.6 Å². The minimum atomic E-state index is -0.722. The van der Waals surface area contributed by atoms with E-state index < -0.39 is 21.6 Å². The molecule has 3 rings (SSSR count). The van der Waals surface area contributed by atoms with Crippen LogP contribution >= 0.6 is 0 Å². The fourth-order valence-electron chi connectivity index (χ4n) is 2.19. The Balaban J connectivity index is 2.19. The van der Waals surface area contributed by atoms with Gasteiger partial charge in [-0.2, -0.15) is 0 Å². The standard InChI is InChI=1S/C10H10O2S2/c11-13-3-7-1-2-8-4-14(12)6-10(8)9(7)5-13/h1-2H,3-6H2. The van der Waals surface area contributed by atoms with E-state index in [-0.39, 0.29) is 0 Å². The highest BCUT2D eigenvalue weighted by Gasteiger charge is 2.26. The van der Waals surface area contributed by atoms with Crippen molar-refractivity contribution in [1.82, 2.24) is 0 Å². The molecule has 0 N–H and O–H groups in total. The quantitative estimate of drug-likeness (QED) is 0.666. The number of hydrogen-bond donors (Lipinski definition) is 0. The van der Waals surface area contributed by atoms with Gasteiger partial charge in [-0.05, 0) is 22.3 Å². The van der Waals surface area contributed by atoms with Crippen molar-refractivity contribution in [2.24, 2.45) is 0 Å². The first-order valence-electron chi connectivity index (χ1n) is 4.56. The van der Waals surface area contributed by atoms with Crippen LogP contribution in [0.25, 0.3) is 0 Å². The molecule has 2 unspecified atom stereocenters. The molecule has 0 saturated carbocycles. The molecule has 14 heavy (non-hydrogen) atoms. The lowest BCUT2D eigenvalue weighted by Crippen LogP contribution is -1.92. The van der Waals surface area contributed by atoms with Gasteiger partial charge in [-0.25, -0.2) is 0 Å². The highest BCUT2D eigenvalue weighted by molar-refractivity contribution is 7.84. The van der Waals surface area contributed by atoms with Gasteiger partial charge in [-0.15, -0.1) is 0 Å². The van der Waals surface area contributed by atoms with Gasteiger partial charge in [0.2, 0.25) is 0 Å². The summed E-state index contributed by atoms with van der Waals surface area (Å²) in [5.74, 6) is 2.73. The Morgan fingerprint density at radius 2 is 1.21 bits per heavy atom. The molecular weight excluding hydrogens is 216 g/mol. The van der Waals surface area contributed by atoms with Gasteiger partial charge in [-0.3, -0.25) is 8.42 Å². The number of rotatable bonds is 0. The van der Waals surface area contributed by atoms with Crippen molar-refractivity contribution in [2.45, 2.75) is 23.0 Å². The van der Waals surface area contributed by atoms with E-state index in [4.69, 9.17) is 0 Å². The second-order valence-electron chi connectivity index (χ2n) is 3.80. The molecule has 0 bridgehead atoms. The van der Waals surface area contributed by atoms with E-state index in [1.165, 1.54) is 22.3 Å². The first kappa shape index (κ1) is 8.80. The molecule has 1 aromatic rings. The van der Waals surface area contributed by atoms with E-state index in [2.05, 4.69) is 12.1 Å². The van der Waals surface area contributed by atoms with E-state index in [0.717, 1.165) is 0 Å². The van der Waals surface area contributed by atoms with Crippen LogP contribution in [0.15, 0.2) is 12.1 Å². The topological polar surface area (TPSA) is 34.1 Å². The lowest BCUT2D eigenvalue weighted by atomic mass is 10.0. The van der Waals surface area contributed by atoms with Crippen LogP contribution in [-0.4, -0.2) is 8.42 Å². The first-order valence-corrected chi connectivity index (χ1v) is 7.54. The van der Waals surface area contributed by atoms with Crippen molar-refractivity contribution < 1.29 is 8.42 Å². The fourth-order valence-corrected chi connectivity index (χ4v) is 4.99. The summed E-state index contributed by atoms with van der Waals surface area (Å²) in [5.41, 5.74) is 4.88. The minimum Gasteiger partial charge on any atom is -0.259 e. The summed E-state index contributed by atoms with van der Waals surface area (Å²) in [5, 5.41) is 0. The summed E-state index contributed by atoms with van der Waals surface area (Å²) in [6.45, 7) is 0. The Hall–Kier alpha value is -0.480. The Bertz CT molecular complexity index is 422. The predicted molar refractivity (Wildman–Crippen MR) is 57.5 cm³/mol. The highest BCUT2D eigenvalue weighted by atomic mass is 32.2. The van der Waals surface area contributed by atoms with E-state index in [1.807, 2.05) is 0 Å². The first-order chi connectivity index (χ1) is 6.74. The molecular formula is C10H10O2S2. The molecule has 2 aliphatic heterocycles. The van der Waals surface area contributed by atoms with Crippen molar-refractivity contribution in [2.75, 3.05) is 0 Å². The molecule has 0 spiro atoms. The largest absolute Gasteiger partial charge is 0.259 e. The summed E-state index contributed by atoms with van der Waals surface area (Å²) in [7, 11) is -1.44. The van der Waals surface area contributed by atoms with E-state index >= 15 is 0 Å². The zero-order valence-corrected chi connectivity index (χ0v) is 9.25. The zero-order chi connectivity index (χ0) is 9.71. The summed E-state index contributed by atoms with van der Waals surface area (Å²) in [6.07, 6.45) is 0. The molecule has 0 saturated heterocycles. The molecule has 2 atom stereocenters. The molecule has 0 aliphatic carbocycles. The maximum atomic E-state index is 11.4. The molecule has 1 aromatic carbocycles. The van der Waals surface area contributed by atoms with Crippen molar-refractivity contribution in [3.05, 3.63) is 34.4 Å². The Kier molecular flexibility index (Phi) is 1.89. The summed E-state index contributed by atoms with van der Waals surface area (Å²) in [6, 6.07) is 4.11. The number of benzene rings is 1. The average molecular weight is 226 g/mol. The van der Waals surface area contributed by atoms with Gasteiger partial charge in [0.05, 0.1) is 0 Å². The number of hydrogen-bond acceptors (Lipinski definition) is 2. The Morgan fingerprint density at radius 1 is 0.786 bits per heavy atom. The molecule has 0 amide bonds. The summed E-state index contributed by atoms with van der Waals surface area (Å²) < 4.78 is 22.8. The molecule has 74 valence electrons. The average Bonchev–Trinajstić information content (AvgIpc) is 2.65. The fraction of sp³-hybridized carbons (Fsp3) is 0.400. The van der Waals surface area contributed by atoms with Crippen molar-refractivity contribution >= 4 is 21.6 Å². The van der Waals surface area contributed by atoms with Crippen LogP contribution in [0.1, 0.15) is 22.3 Å². The second kappa shape index (κ2) is 3.00. The van der Waals surface area contributed by atoms with Crippen LogP contribution < -0.4 is 0 Å². The number of fused-ring (bicyclic) bond motifs is 3. The van der Waals surface area contributed by atoms with Crippen LogP contribution in [0.4, 0.5) is 0 Å². The van der Waals surface area contributed by atoms with Gasteiger partial charge in [0.25, 0.3) is 0 Å². The Morgan fingerprint density at radius 3 is 1.64 bits per heavy atom. The third-order valence-electron chi connectivity index (χ3n) is 2.87. The van der Waals surface area contributed by atoms with Crippen molar-refractivity contribution in [3.63, 3.8) is 0 Å². The SMILES string of the molecule is O=S1Cc2ccc3c(c2C1)CS(=O)C3. The smallest absolute Gasteiger partial charge is 0.0495 e. The van der Waals surface area contributed by atoms with Gasteiger partial charge >= 0.3 is 0 Å². The van der Waals surface area contributed by atoms with Crippen molar-refractivity contribution in [3.8, 4) is 0 Å². The zero-order valence-electron chi connectivity index (χ0n) is 7.62. The van der Waals surface area contributed by atoms with Crippen molar-refractivity contribution in [1.29, 1.82) is 0 Å². The lowest BCUT2D eigenvalue weighted by Gasteiger charge is -2.03. The second-order valence-corrected chi connectivity index (χ2v) is 6.71. The Labute approximate surface area is 87.6 Å². The van der Waals surface area contributed by atoms with Gasteiger partial charge < -0.3 is 0 Å². The maximum Gasteiger partial charge on any atom is 0.0495 e. The van der Waals surface area contributed by atoms with Crippen LogP contribution in [0.3, 0.4) is 0 Å². The van der Waals surface area contributed by atoms with E-state index in [9.17, 15) is 8.42 Å². The molecule has 2 aliphatic rings. The minimum absolute atomic E-state index is 0.676. The van der Waals surface area contributed by atoms with Gasteiger partial charge in [-0.1, -0.05) is 12.1 Å². The van der Waals surface area contributed by atoms with Gasteiger partial charge in [0.1, 0.15) is 0 Å². The van der Waals surface area contributed by atoms with Gasteiger partial charge in [0.15, 0.2) is 0 Å². The molecule has 0 radical (unpaired) electrons. The van der Waals surface area contributed by atoms with Crippen LogP contribution in [0.5, 0.6) is 0 Å².